The summed E-state index contributed by atoms with van der Waals surface area (Å²) in [5, 5.41) is 20.0. The molecule has 0 radical (unpaired) electrons. The average molecular weight is 239 g/mol. The highest BCUT2D eigenvalue weighted by Gasteiger charge is 2.38. The number of rotatable bonds is 5. The largest absolute Gasteiger partial charge is 0.480 e. The van der Waals surface area contributed by atoms with Crippen molar-refractivity contribution in [3.05, 3.63) is 0 Å². The predicted octanol–water partition coefficient (Wildman–Crippen LogP) is 0.793. The molecule has 0 saturated heterocycles. The van der Waals surface area contributed by atoms with Gasteiger partial charge < -0.3 is 15.3 Å². The third-order valence-corrected chi connectivity index (χ3v) is 3.01. The van der Waals surface area contributed by atoms with Gasteiger partial charge in [0.15, 0.2) is 0 Å². The minimum Gasteiger partial charge on any atom is -0.480 e. The van der Waals surface area contributed by atoms with Gasteiger partial charge in [0.1, 0.15) is 6.04 Å². The summed E-state index contributed by atoms with van der Waals surface area (Å²) >= 11 is 0. The summed E-state index contributed by atoms with van der Waals surface area (Å²) in [6.07, 6.45) is 1.91. The zero-order chi connectivity index (χ0) is 13.0. The smallest absolute Gasteiger partial charge is 0.326 e. The van der Waals surface area contributed by atoms with Crippen LogP contribution in [0.4, 0.5) is 4.79 Å². The number of aliphatic carboxylic acids is 1. The van der Waals surface area contributed by atoms with Gasteiger partial charge >= 0.3 is 12.0 Å². The van der Waals surface area contributed by atoms with E-state index in [0.29, 0.717) is 0 Å². The standard InChI is InChI=1S/C11H17N3O3/c1-7(5-6-12)14(2)11(17)13-9(10(15)16)8-3-4-8/h7-9H,3-5H2,1-2H3,(H,13,17)(H,15,16). The van der Waals surface area contributed by atoms with Crippen LogP contribution in [0.3, 0.4) is 0 Å². The van der Waals surface area contributed by atoms with Gasteiger partial charge in [-0.05, 0) is 25.7 Å². The summed E-state index contributed by atoms with van der Waals surface area (Å²) < 4.78 is 0. The van der Waals surface area contributed by atoms with Crippen LogP contribution < -0.4 is 5.32 Å². The Bertz CT molecular complexity index is 346. The molecule has 6 nitrogen and oxygen atoms in total. The van der Waals surface area contributed by atoms with Gasteiger partial charge in [-0.3, -0.25) is 0 Å². The minimum absolute atomic E-state index is 0.0520. The van der Waals surface area contributed by atoms with Crippen molar-refractivity contribution in [2.24, 2.45) is 5.92 Å². The molecular formula is C11H17N3O3. The number of nitrogens with one attached hydrogen (secondary N) is 1. The number of nitrogens with zero attached hydrogens (tertiary/aromatic N) is 2. The van der Waals surface area contributed by atoms with E-state index in [9.17, 15) is 9.59 Å². The first-order valence-corrected chi connectivity index (χ1v) is 5.60. The Morgan fingerprint density at radius 1 is 1.59 bits per heavy atom. The van der Waals surface area contributed by atoms with Gasteiger partial charge in [0, 0.05) is 13.1 Å². The van der Waals surface area contributed by atoms with Gasteiger partial charge in [-0.25, -0.2) is 9.59 Å². The molecule has 0 aliphatic heterocycles. The normalized spacial score (nSPS) is 17.7. The Morgan fingerprint density at radius 3 is 2.59 bits per heavy atom. The van der Waals surface area contributed by atoms with Crippen molar-refractivity contribution in [2.45, 2.75) is 38.3 Å². The second-order valence-corrected chi connectivity index (χ2v) is 4.42. The van der Waals surface area contributed by atoms with Crippen molar-refractivity contribution in [3.63, 3.8) is 0 Å². The van der Waals surface area contributed by atoms with Crippen LogP contribution in [0.2, 0.25) is 0 Å². The molecule has 6 heteroatoms. The van der Waals surface area contributed by atoms with Crippen LogP contribution in [-0.4, -0.2) is 41.1 Å². The molecule has 2 atom stereocenters. The number of amides is 2. The predicted molar refractivity (Wildman–Crippen MR) is 60.1 cm³/mol. The van der Waals surface area contributed by atoms with Crippen molar-refractivity contribution in [2.75, 3.05) is 7.05 Å². The van der Waals surface area contributed by atoms with Gasteiger partial charge in [-0.2, -0.15) is 5.26 Å². The topological polar surface area (TPSA) is 93.4 Å². The lowest BCUT2D eigenvalue weighted by Gasteiger charge is -2.25. The van der Waals surface area contributed by atoms with E-state index >= 15 is 0 Å². The van der Waals surface area contributed by atoms with Crippen molar-refractivity contribution >= 4 is 12.0 Å². The van der Waals surface area contributed by atoms with Crippen molar-refractivity contribution < 1.29 is 14.7 Å². The number of carbonyl (C=O) groups is 2. The Balaban J connectivity index is 2.52. The molecule has 0 aromatic carbocycles. The van der Waals surface area contributed by atoms with E-state index in [4.69, 9.17) is 10.4 Å². The molecule has 94 valence electrons. The molecule has 1 rings (SSSR count). The van der Waals surface area contributed by atoms with Gasteiger partial charge in [0.25, 0.3) is 0 Å². The summed E-state index contributed by atoms with van der Waals surface area (Å²) in [5.74, 6) is -0.946. The summed E-state index contributed by atoms with van der Waals surface area (Å²) in [5.41, 5.74) is 0. The molecule has 0 aromatic heterocycles. The molecule has 0 aromatic rings. The molecule has 1 aliphatic rings. The molecule has 0 heterocycles. The van der Waals surface area contributed by atoms with Crippen LogP contribution in [0.25, 0.3) is 0 Å². The number of carbonyl (C=O) groups excluding carboxylic acids is 1. The monoisotopic (exact) mass is 239 g/mol. The molecule has 1 saturated carbocycles. The Morgan fingerprint density at radius 2 is 2.18 bits per heavy atom. The highest BCUT2D eigenvalue weighted by Crippen LogP contribution is 2.32. The fourth-order valence-corrected chi connectivity index (χ4v) is 1.51. The maximum atomic E-state index is 11.7. The fraction of sp³-hybridized carbons (Fsp3) is 0.727. The van der Waals surface area contributed by atoms with Crippen LogP contribution in [0.5, 0.6) is 0 Å². The first kappa shape index (κ1) is 13.3. The summed E-state index contributed by atoms with van der Waals surface area (Å²) in [7, 11) is 1.56. The molecule has 1 fully saturated rings. The second-order valence-electron chi connectivity index (χ2n) is 4.42. The SMILES string of the molecule is CC(CC#N)N(C)C(=O)NC(C(=O)O)C1CC1. The van der Waals surface area contributed by atoms with E-state index in [-0.39, 0.29) is 18.4 Å². The highest BCUT2D eigenvalue weighted by atomic mass is 16.4. The van der Waals surface area contributed by atoms with Crippen LogP contribution in [0.15, 0.2) is 0 Å². The molecule has 2 N–H and O–H groups in total. The van der Waals surface area contributed by atoms with Crippen LogP contribution in [0, 0.1) is 17.2 Å². The summed E-state index contributed by atoms with van der Waals surface area (Å²) in [6, 6.07) is 0.504. The molecule has 2 unspecified atom stereocenters. The average Bonchev–Trinajstić information content (AvgIpc) is 3.08. The zero-order valence-corrected chi connectivity index (χ0v) is 10.0. The maximum absolute atomic E-state index is 11.7. The lowest BCUT2D eigenvalue weighted by molar-refractivity contribution is -0.139. The summed E-state index contributed by atoms with van der Waals surface area (Å²) in [4.78, 5) is 24.1. The Labute approximate surface area is 100 Å². The van der Waals surface area contributed by atoms with Gasteiger partial charge in [-0.15, -0.1) is 0 Å². The number of urea groups is 1. The molecule has 17 heavy (non-hydrogen) atoms. The third kappa shape index (κ3) is 3.63. The Hall–Kier alpha value is -1.77. The van der Waals surface area contributed by atoms with Crippen LogP contribution in [0.1, 0.15) is 26.2 Å². The van der Waals surface area contributed by atoms with E-state index in [0.717, 1.165) is 12.8 Å². The van der Waals surface area contributed by atoms with Gasteiger partial charge in [0.2, 0.25) is 0 Å². The zero-order valence-electron chi connectivity index (χ0n) is 10.0. The number of carboxylic acids is 1. The number of hydrogen-bond donors (Lipinski definition) is 2. The molecule has 0 spiro atoms. The van der Waals surface area contributed by atoms with E-state index in [2.05, 4.69) is 5.32 Å². The van der Waals surface area contributed by atoms with E-state index in [1.807, 2.05) is 6.07 Å². The lowest BCUT2D eigenvalue weighted by Crippen LogP contribution is -2.50. The second kappa shape index (κ2) is 5.53. The fourth-order valence-electron chi connectivity index (χ4n) is 1.51. The van der Waals surface area contributed by atoms with E-state index in [1.54, 1.807) is 14.0 Å². The minimum atomic E-state index is -0.998. The molecular weight excluding hydrogens is 222 g/mol. The van der Waals surface area contributed by atoms with Crippen LogP contribution in [-0.2, 0) is 4.79 Å². The number of hydrogen-bond acceptors (Lipinski definition) is 3. The van der Waals surface area contributed by atoms with E-state index in [1.165, 1.54) is 4.90 Å². The number of nitriles is 1. The number of carboxylic acid groups (broad SMARTS) is 1. The van der Waals surface area contributed by atoms with Gasteiger partial charge in [-0.1, -0.05) is 0 Å². The maximum Gasteiger partial charge on any atom is 0.326 e. The first-order valence-electron chi connectivity index (χ1n) is 5.60. The van der Waals surface area contributed by atoms with Gasteiger partial charge in [0.05, 0.1) is 12.5 Å². The quantitative estimate of drug-likeness (QED) is 0.741. The van der Waals surface area contributed by atoms with Crippen LogP contribution >= 0.6 is 0 Å². The highest BCUT2D eigenvalue weighted by molar-refractivity contribution is 5.83. The first-order chi connectivity index (χ1) is 7.97. The Kier molecular flexibility index (Phi) is 4.32. The lowest BCUT2D eigenvalue weighted by atomic mass is 10.2. The third-order valence-electron chi connectivity index (χ3n) is 3.01. The van der Waals surface area contributed by atoms with Crippen molar-refractivity contribution in [1.29, 1.82) is 5.26 Å². The molecule has 1 aliphatic carbocycles. The van der Waals surface area contributed by atoms with Crippen molar-refractivity contribution in [1.82, 2.24) is 10.2 Å². The molecule has 0 bridgehead atoms. The van der Waals surface area contributed by atoms with Crippen molar-refractivity contribution in [3.8, 4) is 6.07 Å². The molecule has 2 amide bonds. The van der Waals surface area contributed by atoms with E-state index < -0.39 is 18.0 Å². The summed E-state index contributed by atoms with van der Waals surface area (Å²) in [6.45, 7) is 1.75.